The molecule has 1 aliphatic rings. The van der Waals surface area contributed by atoms with Crippen molar-refractivity contribution in [1.82, 2.24) is 4.90 Å². The number of halogens is 1. The summed E-state index contributed by atoms with van der Waals surface area (Å²) in [5.74, 6) is 0.285. The second-order valence-electron chi connectivity index (χ2n) is 4.46. The Balaban J connectivity index is 2.19. The highest BCUT2D eigenvalue weighted by atomic mass is 35.5. The standard InChI is InChI=1S/C13H16ClNO3/c14-3-1-4-15-5-2-9-6-11(16)12(17)7-10(9)8-13(15)18/h6-7,16-17H,1-5,8H2. The number of rotatable bonds is 3. The van der Waals surface area contributed by atoms with E-state index < -0.39 is 0 Å². The van der Waals surface area contributed by atoms with Gasteiger partial charge in [0.25, 0.3) is 0 Å². The fourth-order valence-electron chi connectivity index (χ4n) is 2.20. The van der Waals surface area contributed by atoms with Gasteiger partial charge in [-0.05, 0) is 36.1 Å². The monoisotopic (exact) mass is 269 g/mol. The van der Waals surface area contributed by atoms with Gasteiger partial charge >= 0.3 is 0 Å². The number of aromatic hydroxyl groups is 2. The summed E-state index contributed by atoms with van der Waals surface area (Å²) in [5, 5.41) is 18.9. The van der Waals surface area contributed by atoms with Crippen molar-refractivity contribution in [3.8, 4) is 11.5 Å². The van der Waals surface area contributed by atoms with Gasteiger partial charge in [0.05, 0.1) is 6.42 Å². The van der Waals surface area contributed by atoms with Crippen LogP contribution in [0.3, 0.4) is 0 Å². The highest BCUT2D eigenvalue weighted by Crippen LogP contribution is 2.30. The number of phenols is 2. The molecule has 0 aromatic heterocycles. The van der Waals surface area contributed by atoms with Crippen molar-refractivity contribution in [1.29, 1.82) is 0 Å². The first kappa shape index (κ1) is 13.0. The van der Waals surface area contributed by atoms with Crippen LogP contribution in [0.4, 0.5) is 0 Å². The van der Waals surface area contributed by atoms with Crippen LogP contribution in [0.25, 0.3) is 0 Å². The van der Waals surface area contributed by atoms with Crippen LogP contribution in [0.2, 0.25) is 0 Å². The van der Waals surface area contributed by atoms with E-state index in [2.05, 4.69) is 0 Å². The lowest BCUT2D eigenvalue weighted by molar-refractivity contribution is -0.130. The van der Waals surface area contributed by atoms with Gasteiger partial charge in [0.1, 0.15) is 0 Å². The molecular formula is C13H16ClNO3. The van der Waals surface area contributed by atoms with Crippen LogP contribution in [0.1, 0.15) is 17.5 Å². The Kier molecular flexibility index (Phi) is 3.97. The molecule has 2 N–H and O–H groups in total. The van der Waals surface area contributed by atoms with Crippen molar-refractivity contribution in [3.05, 3.63) is 23.3 Å². The molecule has 0 saturated carbocycles. The Labute approximate surface area is 111 Å². The minimum absolute atomic E-state index is 0.0453. The zero-order valence-corrected chi connectivity index (χ0v) is 10.8. The SMILES string of the molecule is O=C1Cc2cc(O)c(O)cc2CCN1CCCCl. The maximum absolute atomic E-state index is 12.0. The van der Waals surface area contributed by atoms with Crippen LogP contribution in [0, 0.1) is 0 Å². The molecule has 2 rings (SSSR count). The molecule has 0 spiro atoms. The van der Waals surface area contributed by atoms with Gasteiger partial charge in [-0.25, -0.2) is 0 Å². The molecule has 98 valence electrons. The van der Waals surface area contributed by atoms with E-state index in [0.717, 1.165) is 17.5 Å². The quantitative estimate of drug-likeness (QED) is 0.648. The summed E-state index contributed by atoms with van der Waals surface area (Å²) in [7, 11) is 0. The summed E-state index contributed by atoms with van der Waals surface area (Å²) in [6.45, 7) is 1.29. The van der Waals surface area contributed by atoms with Crippen LogP contribution in [-0.4, -0.2) is 40.0 Å². The fourth-order valence-corrected chi connectivity index (χ4v) is 2.32. The smallest absolute Gasteiger partial charge is 0.227 e. The van der Waals surface area contributed by atoms with Crippen molar-refractivity contribution < 1.29 is 15.0 Å². The molecule has 1 aliphatic heterocycles. The van der Waals surface area contributed by atoms with Gasteiger partial charge < -0.3 is 15.1 Å². The molecule has 0 radical (unpaired) electrons. The van der Waals surface area contributed by atoms with E-state index in [4.69, 9.17) is 11.6 Å². The van der Waals surface area contributed by atoms with E-state index >= 15 is 0 Å². The first-order chi connectivity index (χ1) is 8.61. The van der Waals surface area contributed by atoms with Crippen LogP contribution in [0.5, 0.6) is 11.5 Å². The Morgan fingerprint density at radius 3 is 2.56 bits per heavy atom. The van der Waals surface area contributed by atoms with Crippen LogP contribution < -0.4 is 0 Å². The minimum atomic E-state index is -0.171. The second-order valence-corrected chi connectivity index (χ2v) is 4.84. The number of carbonyl (C=O) groups excluding carboxylic acids is 1. The van der Waals surface area contributed by atoms with Crippen LogP contribution >= 0.6 is 11.6 Å². The van der Waals surface area contributed by atoms with Gasteiger partial charge in [0.2, 0.25) is 5.91 Å². The van der Waals surface area contributed by atoms with Gasteiger partial charge in [0.15, 0.2) is 11.5 Å². The maximum Gasteiger partial charge on any atom is 0.227 e. The molecule has 0 aliphatic carbocycles. The minimum Gasteiger partial charge on any atom is -0.504 e. The Bertz CT molecular complexity index is 462. The summed E-state index contributed by atoms with van der Waals surface area (Å²) in [6.07, 6.45) is 1.74. The van der Waals surface area contributed by atoms with Crippen molar-refractivity contribution in [2.24, 2.45) is 0 Å². The first-order valence-corrected chi connectivity index (χ1v) is 6.52. The third-order valence-corrected chi connectivity index (χ3v) is 3.47. The number of benzene rings is 1. The predicted octanol–water partition coefficient (Wildman–Crippen LogP) is 1.65. The Morgan fingerprint density at radius 2 is 1.89 bits per heavy atom. The number of fused-ring (bicyclic) bond motifs is 1. The van der Waals surface area contributed by atoms with Crippen LogP contribution in [0.15, 0.2) is 12.1 Å². The highest BCUT2D eigenvalue weighted by molar-refractivity contribution is 6.17. The fraction of sp³-hybridized carbons (Fsp3) is 0.462. The lowest BCUT2D eigenvalue weighted by Crippen LogP contribution is -2.33. The topological polar surface area (TPSA) is 60.8 Å². The molecule has 1 aromatic carbocycles. The normalized spacial score (nSPS) is 15.4. The zero-order valence-electron chi connectivity index (χ0n) is 10.0. The third-order valence-electron chi connectivity index (χ3n) is 3.20. The summed E-state index contributed by atoms with van der Waals surface area (Å²) in [6, 6.07) is 3.02. The van der Waals surface area contributed by atoms with Crippen molar-refractivity contribution in [3.63, 3.8) is 0 Å². The molecular weight excluding hydrogens is 254 g/mol. The summed E-state index contributed by atoms with van der Waals surface area (Å²) < 4.78 is 0. The van der Waals surface area contributed by atoms with E-state index in [-0.39, 0.29) is 23.8 Å². The van der Waals surface area contributed by atoms with Gasteiger partial charge in [-0.15, -0.1) is 11.6 Å². The number of carbonyl (C=O) groups is 1. The van der Waals surface area contributed by atoms with E-state index in [9.17, 15) is 15.0 Å². The molecule has 0 saturated heterocycles. The van der Waals surface area contributed by atoms with E-state index in [1.54, 1.807) is 11.0 Å². The lowest BCUT2D eigenvalue weighted by Gasteiger charge is -2.19. The third kappa shape index (κ3) is 2.70. The summed E-state index contributed by atoms with van der Waals surface area (Å²) in [5.41, 5.74) is 1.72. The maximum atomic E-state index is 12.0. The molecule has 0 bridgehead atoms. The van der Waals surface area contributed by atoms with Crippen molar-refractivity contribution >= 4 is 17.5 Å². The van der Waals surface area contributed by atoms with Gasteiger partial charge in [0, 0.05) is 19.0 Å². The van der Waals surface area contributed by atoms with Gasteiger partial charge in [-0.2, -0.15) is 0 Å². The molecule has 5 heteroatoms. The van der Waals surface area contributed by atoms with E-state index in [1.165, 1.54) is 6.07 Å². The number of alkyl halides is 1. The molecule has 0 unspecified atom stereocenters. The summed E-state index contributed by atoms with van der Waals surface area (Å²) >= 11 is 5.64. The zero-order chi connectivity index (χ0) is 13.1. The number of phenolic OH excluding ortho intramolecular Hbond substituents is 2. The summed E-state index contributed by atoms with van der Waals surface area (Å²) in [4.78, 5) is 13.8. The average Bonchev–Trinajstić information content (AvgIpc) is 2.47. The van der Waals surface area contributed by atoms with E-state index in [0.29, 0.717) is 25.4 Å². The van der Waals surface area contributed by atoms with E-state index in [1.807, 2.05) is 0 Å². The Morgan fingerprint density at radius 1 is 1.22 bits per heavy atom. The average molecular weight is 270 g/mol. The second kappa shape index (κ2) is 5.48. The molecule has 1 amide bonds. The van der Waals surface area contributed by atoms with Crippen LogP contribution in [-0.2, 0) is 17.6 Å². The highest BCUT2D eigenvalue weighted by Gasteiger charge is 2.21. The number of hydrogen-bond acceptors (Lipinski definition) is 3. The number of amides is 1. The molecule has 1 heterocycles. The predicted molar refractivity (Wildman–Crippen MR) is 69.1 cm³/mol. The molecule has 4 nitrogen and oxygen atoms in total. The first-order valence-electron chi connectivity index (χ1n) is 5.99. The number of nitrogens with zero attached hydrogens (tertiary/aromatic N) is 1. The number of hydrogen-bond donors (Lipinski definition) is 2. The molecule has 0 atom stereocenters. The van der Waals surface area contributed by atoms with Crippen molar-refractivity contribution in [2.45, 2.75) is 19.3 Å². The molecule has 0 fully saturated rings. The molecule has 18 heavy (non-hydrogen) atoms. The van der Waals surface area contributed by atoms with Gasteiger partial charge in [-0.3, -0.25) is 4.79 Å². The Hall–Kier alpha value is -1.42. The lowest BCUT2D eigenvalue weighted by atomic mass is 10.0. The van der Waals surface area contributed by atoms with Gasteiger partial charge in [-0.1, -0.05) is 0 Å². The van der Waals surface area contributed by atoms with Crippen molar-refractivity contribution in [2.75, 3.05) is 19.0 Å². The molecule has 1 aromatic rings. The largest absolute Gasteiger partial charge is 0.504 e.